The highest BCUT2D eigenvalue weighted by Gasteiger charge is 2.42. The number of ether oxygens (including phenoxy) is 1. The number of carbonyl (C=O) groups is 1. The number of esters is 1. The summed E-state index contributed by atoms with van der Waals surface area (Å²) in [5.41, 5.74) is 0. The number of rotatable bonds is 3. The first-order chi connectivity index (χ1) is 5.65. The monoisotopic (exact) mass is 208 g/mol. The normalized spacial score (nSPS) is 26.2. The van der Waals surface area contributed by atoms with Gasteiger partial charge in [-0.15, -0.1) is 0 Å². The number of hydrogen-bond donors (Lipinski definition) is 0. The van der Waals surface area contributed by atoms with Crippen LogP contribution >= 0.6 is 23.2 Å². The lowest BCUT2D eigenvalue weighted by molar-refractivity contribution is -0.144. The Morgan fingerprint density at radius 1 is 1.67 bits per heavy atom. The summed E-state index contributed by atoms with van der Waals surface area (Å²) in [5.74, 6) is 0.0276. The van der Waals surface area contributed by atoms with Crippen LogP contribution in [0.4, 0.5) is 0 Å². The number of carbonyl (C=O) groups excluding carboxylic acids is 1. The molecular weight excluding hydrogens is 199 g/mol. The van der Waals surface area contributed by atoms with Crippen molar-refractivity contribution >= 4 is 29.2 Å². The second-order valence-electron chi connectivity index (χ2n) is 2.71. The molecular formula is C8H10Cl2O2. The summed E-state index contributed by atoms with van der Waals surface area (Å²) in [7, 11) is 0. The smallest absolute Gasteiger partial charge is 0.309 e. The minimum atomic E-state index is -0.145. The molecule has 0 aromatic rings. The molecule has 2 nitrogen and oxygen atoms in total. The van der Waals surface area contributed by atoms with Crippen LogP contribution in [-0.2, 0) is 9.53 Å². The minimum absolute atomic E-state index is 0.0163. The quantitative estimate of drug-likeness (QED) is 0.667. The van der Waals surface area contributed by atoms with Gasteiger partial charge >= 0.3 is 5.97 Å². The van der Waals surface area contributed by atoms with Crippen LogP contribution in [0.1, 0.15) is 13.3 Å². The summed E-state index contributed by atoms with van der Waals surface area (Å²) in [6.45, 7) is 2.22. The second kappa shape index (κ2) is 4.15. The Labute approximate surface area is 81.5 Å². The Balaban J connectivity index is 2.32. The van der Waals surface area contributed by atoms with E-state index in [-0.39, 0.29) is 22.3 Å². The van der Waals surface area contributed by atoms with Gasteiger partial charge in [-0.1, -0.05) is 29.3 Å². The zero-order valence-corrected chi connectivity index (χ0v) is 8.23. The van der Waals surface area contributed by atoms with E-state index in [1.54, 1.807) is 13.0 Å². The summed E-state index contributed by atoms with van der Waals surface area (Å²) < 4.78 is 5.05. The first-order valence-electron chi connectivity index (χ1n) is 3.84. The fraction of sp³-hybridized carbons (Fsp3) is 0.625. The molecule has 68 valence electrons. The maximum atomic E-state index is 11.1. The third kappa shape index (κ3) is 2.68. The van der Waals surface area contributed by atoms with E-state index in [0.717, 1.165) is 6.42 Å². The number of halogens is 2. The van der Waals surface area contributed by atoms with Crippen LogP contribution in [0.15, 0.2) is 10.6 Å². The zero-order valence-electron chi connectivity index (χ0n) is 6.72. The Hall–Kier alpha value is -0.210. The number of allylic oxidation sites excluding steroid dienone is 1. The van der Waals surface area contributed by atoms with Crippen molar-refractivity contribution in [3.05, 3.63) is 10.6 Å². The first kappa shape index (κ1) is 9.87. The fourth-order valence-electron chi connectivity index (χ4n) is 1.08. The predicted octanol–water partition coefficient (Wildman–Crippen LogP) is 2.50. The molecule has 0 aromatic heterocycles. The fourth-order valence-corrected chi connectivity index (χ4v) is 1.40. The van der Waals surface area contributed by atoms with Gasteiger partial charge in [0.1, 0.15) is 4.49 Å². The van der Waals surface area contributed by atoms with E-state index in [0.29, 0.717) is 6.61 Å². The van der Waals surface area contributed by atoms with Gasteiger partial charge in [0.2, 0.25) is 0 Å². The van der Waals surface area contributed by atoms with Crippen molar-refractivity contribution in [1.29, 1.82) is 0 Å². The Bertz CT molecular complexity index is 209. The van der Waals surface area contributed by atoms with Crippen molar-refractivity contribution in [3.63, 3.8) is 0 Å². The highest BCUT2D eigenvalue weighted by atomic mass is 35.5. The van der Waals surface area contributed by atoms with E-state index in [2.05, 4.69) is 0 Å². The minimum Gasteiger partial charge on any atom is -0.466 e. The van der Waals surface area contributed by atoms with Crippen molar-refractivity contribution < 1.29 is 9.53 Å². The summed E-state index contributed by atoms with van der Waals surface area (Å²) in [5, 5.41) is 0. The second-order valence-corrected chi connectivity index (χ2v) is 3.72. The van der Waals surface area contributed by atoms with Gasteiger partial charge in [-0.05, 0) is 19.3 Å². The third-order valence-corrected chi connectivity index (χ3v) is 2.02. The highest BCUT2D eigenvalue weighted by Crippen LogP contribution is 2.42. The summed E-state index contributed by atoms with van der Waals surface area (Å²) in [6.07, 6.45) is 2.49. The van der Waals surface area contributed by atoms with Gasteiger partial charge in [-0.25, -0.2) is 0 Å². The first-order valence-corrected chi connectivity index (χ1v) is 4.60. The lowest BCUT2D eigenvalue weighted by Crippen LogP contribution is -2.06. The highest BCUT2D eigenvalue weighted by molar-refractivity contribution is 6.55. The maximum absolute atomic E-state index is 11.1. The third-order valence-electron chi connectivity index (χ3n) is 1.77. The van der Waals surface area contributed by atoms with Crippen LogP contribution in [0.3, 0.4) is 0 Å². The van der Waals surface area contributed by atoms with Crippen molar-refractivity contribution in [1.82, 2.24) is 0 Å². The van der Waals surface area contributed by atoms with Crippen molar-refractivity contribution in [2.24, 2.45) is 11.8 Å². The molecule has 0 heterocycles. The van der Waals surface area contributed by atoms with Crippen molar-refractivity contribution in [3.8, 4) is 0 Å². The van der Waals surface area contributed by atoms with Crippen molar-refractivity contribution in [2.45, 2.75) is 13.3 Å². The average Bonchev–Trinajstić information content (AvgIpc) is 2.67. The van der Waals surface area contributed by atoms with Gasteiger partial charge in [0.25, 0.3) is 0 Å². The van der Waals surface area contributed by atoms with Gasteiger partial charge in [-0.3, -0.25) is 4.79 Å². The summed E-state index contributed by atoms with van der Waals surface area (Å²) in [4.78, 5) is 11.1. The molecule has 0 aliphatic heterocycles. The van der Waals surface area contributed by atoms with E-state index in [1.165, 1.54) is 0 Å². The molecule has 0 amide bonds. The molecule has 0 saturated heterocycles. The lowest BCUT2D eigenvalue weighted by atomic mass is 10.3. The largest absolute Gasteiger partial charge is 0.466 e. The van der Waals surface area contributed by atoms with Gasteiger partial charge < -0.3 is 4.74 Å². The van der Waals surface area contributed by atoms with Gasteiger partial charge in [0.05, 0.1) is 12.5 Å². The molecule has 0 radical (unpaired) electrons. The molecule has 0 N–H and O–H groups in total. The molecule has 2 atom stereocenters. The van der Waals surface area contributed by atoms with Crippen LogP contribution in [0.5, 0.6) is 0 Å². The van der Waals surface area contributed by atoms with Crippen LogP contribution < -0.4 is 0 Å². The summed E-state index contributed by atoms with van der Waals surface area (Å²) >= 11 is 10.9. The van der Waals surface area contributed by atoms with Gasteiger partial charge in [0.15, 0.2) is 0 Å². The Kier molecular flexibility index (Phi) is 3.41. The molecule has 1 saturated carbocycles. The number of hydrogen-bond acceptors (Lipinski definition) is 2. The molecule has 1 aliphatic carbocycles. The maximum Gasteiger partial charge on any atom is 0.309 e. The van der Waals surface area contributed by atoms with E-state index in [4.69, 9.17) is 27.9 Å². The molecule has 0 bridgehead atoms. The van der Waals surface area contributed by atoms with Crippen LogP contribution in [-0.4, -0.2) is 12.6 Å². The Morgan fingerprint density at radius 2 is 2.33 bits per heavy atom. The molecule has 1 fully saturated rings. The standard InChI is InChI=1S/C8H10Cl2O2/c1-2-12-8(11)6-3-5(6)4-7(9)10/h4-6H,2-3H2,1H3. The molecule has 1 rings (SSSR count). The molecule has 0 spiro atoms. The van der Waals surface area contributed by atoms with E-state index in [1.807, 2.05) is 0 Å². The molecule has 2 unspecified atom stereocenters. The van der Waals surface area contributed by atoms with Gasteiger partial charge in [0, 0.05) is 0 Å². The molecule has 4 heteroatoms. The molecule has 1 aliphatic rings. The summed E-state index contributed by atoms with van der Waals surface area (Å²) in [6, 6.07) is 0. The average molecular weight is 209 g/mol. The predicted molar refractivity (Wildman–Crippen MR) is 48.0 cm³/mol. The molecule has 12 heavy (non-hydrogen) atoms. The molecule has 0 aromatic carbocycles. The topological polar surface area (TPSA) is 26.3 Å². The van der Waals surface area contributed by atoms with Crippen LogP contribution in [0.25, 0.3) is 0 Å². The van der Waals surface area contributed by atoms with E-state index in [9.17, 15) is 4.79 Å². The SMILES string of the molecule is CCOC(=O)C1CC1C=C(Cl)Cl. The van der Waals surface area contributed by atoms with E-state index < -0.39 is 0 Å². The van der Waals surface area contributed by atoms with Gasteiger partial charge in [-0.2, -0.15) is 0 Å². The van der Waals surface area contributed by atoms with Crippen molar-refractivity contribution in [2.75, 3.05) is 6.61 Å². The van der Waals surface area contributed by atoms with E-state index >= 15 is 0 Å². The zero-order chi connectivity index (χ0) is 9.14. The van der Waals surface area contributed by atoms with Crippen LogP contribution in [0.2, 0.25) is 0 Å². The lowest BCUT2D eigenvalue weighted by Gasteiger charge is -1.97. The van der Waals surface area contributed by atoms with Crippen LogP contribution in [0, 0.1) is 11.8 Å². The Morgan fingerprint density at radius 3 is 2.83 bits per heavy atom.